The maximum absolute atomic E-state index is 13.8. The zero-order valence-corrected chi connectivity index (χ0v) is 20.7. The highest BCUT2D eigenvalue weighted by atomic mass is 32.2. The summed E-state index contributed by atoms with van der Waals surface area (Å²) in [7, 11) is 0. The van der Waals surface area contributed by atoms with Crippen molar-refractivity contribution in [2.24, 2.45) is 0 Å². The minimum Gasteiger partial charge on any atom is -0.478 e. The second kappa shape index (κ2) is 10.7. The van der Waals surface area contributed by atoms with Crippen molar-refractivity contribution in [3.05, 3.63) is 125 Å². The highest BCUT2D eigenvalue weighted by Gasteiger charge is 2.31. The molecule has 0 bridgehead atoms. The smallest absolute Gasteiger partial charge is 0.336 e. The number of benzene rings is 4. The van der Waals surface area contributed by atoms with Gasteiger partial charge in [-0.1, -0.05) is 60.7 Å². The van der Waals surface area contributed by atoms with E-state index in [0.29, 0.717) is 12.2 Å². The van der Waals surface area contributed by atoms with E-state index in [1.54, 1.807) is 24.3 Å². The molecule has 0 fully saturated rings. The van der Waals surface area contributed by atoms with E-state index in [4.69, 9.17) is 0 Å². The molecular weight excluding hydrogens is 484 g/mol. The number of rotatable bonds is 7. The van der Waals surface area contributed by atoms with Gasteiger partial charge in [-0.3, -0.25) is 9.59 Å². The fourth-order valence-corrected chi connectivity index (χ4v) is 5.50. The van der Waals surface area contributed by atoms with Gasteiger partial charge >= 0.3 is 5.97 Å². The van der Waals surface area contributed by atoms with E-state index >= 15 is 0 Å². The summed E-state index contributed by atoms with van der Waals surface area (Å²) in [5.74, 6) is -1.62. The molecule has 2 N–H and O–H groups in total. The summed E-state index contributed by atoms with van der Waals surface area (Å²) >= 11 is 1.46. The molecule has 0 saturated heterocycles. The Kier molecular flexibility index (Phi) is 7.05. The summed E-state index contributed by atoms with van der Waals surface area (Å²) in [5.41, 5.74) is 3.63. The van der Waals surface area contributed by atoms with Gasteiger partial charge in [0.15, 0.2) is 0 Å². The molecule has 5 rings (SSSR count). The summed E-state index contributed by atoms with van der Waals surface area (Å²) in [6, 6.07) is 31.0. The molecule has 1 aliphatic rings. The molecule has 37 heavy (non-hydrogen) atoms. The molecule has 0 spiro atoms. The molecule has 2 amide bonds. The van der Waals surface area contributed by atoms with E-state index in [-0.39, 0.29) is 17.0 Å². The number of carboxylic acid groups (broad SMARTS) is 1. The zero-order chi connectivity index (χ0) is 25.8. The Balaban J connectivity index is 1.35. The average Bonchev–Trinajstić information content (AvgIpc) is 3.37. The predicted octanol–water partition coefficient (Wildman–Crippen LogP) is 6.06. The summed E-state index contributed by atoms with van der Waals surface area (Å²) in [6.45, 7) is 0.658. The van der Waals surface area contributed by atoms with Crippen molar-refractivity contribution >= 4 is 40.9 Å². The molecule has 0 unspecified atom stereocenters. The van der Waals surface area contributed by atoms with Crippen LogP contribution in [-0.4, -0.2) is 29.4 Å². The number of anilines is 2. The quantitative estimate of drug-likeness (QED) is 0.296. The topological polar surface area (TPSA) is 86.7 Å². The van der Waals surface area contributed by atoms with Crippen molar-refractivity contribution in [2.75, 3.05) is 16.8 Å². The molecular formula is C30H24N2O4S. The Morgan fingerprint density at radius 2 is 1.43 bits per heavy atom. The monoisotopic (exact) mass is 508 g/mol. The van der Waals surface area contributed by atoms with Crippen molar-refractivity contribution in [3.8, 4) is 0 Å². The number of nitrogens with zero attached hydrogens (tertiary/aromatic N) is 1. The number of aromatic carboxylic acids is 1. The lowest BCUT2D eigenvalue weighted by molar-refractivity contribution is -0.118. The standard InChI is InChI=1S/C30H24N2O4S/c33-28(24-11-5-6-12-25(24)30(35)36)31-22-14-16-23(17-15-22)37-27(21-9-2-1-3-10-21)29(34)32-19-18-20-8-4-7-13-26(20)32/h1-17,27H,18-19H2,(H,31,33)(H,35,36)/t27-/m1/s1. The largest absolute Gasteiger partial charge is 0.478 e. The third-order valence-corrected chi connectivity index (χ3v) is 7.50. The fourth-order valence-electron chi connectivity index (χ4n) is 4.42. The van der Waals surface area contributed by atoms with Crippen LogP contribution in [0.2, 0.25) is 0 Å². The maximum atomic E-state index is 13.8. The van der Waals surface area contributed by atoms with Crippen molar-refractivity contribution in [2.45, 2.75) is 16.6 Å². The summed E-state index contributed by atoms with van der Waals surface area (Å²) in [6.07, 6.45) is 0.841. The Bertz CT molecular complexity index is 1450. The lowest BCUT2D eigenvalue weighted by Crippen LogP contribution is -2.32. The summed E-state index contributed by atoms with van der Waals surface area (Å²) < 4.78 is 0. The Morgan fingerprint density at radius 3 is 2.16 bits per heavy atom. The first kappa shape index (κ1) is 24.3. The molecule has 0 aliphatic carbocycles. The van der Waals surface area contributed by atoms with Gasteiger partial charge in [-0.25, -0.2) is 4.79 Å². The van der Waals surface area contributed by atoms with Crippen LogP contribution in [0.4, 0.5) is 11.4 Å². The lowest BCUT2D eigenvalue weighted by Gasteiger charge is -2.24. The van der Waals surface area contributed by atoms with Gasteiger partial charge in [-0.2, -0.15) is 0 Å². The van der Waals surface area contributed by atoms with E-state index in [9.17, 15) is 19.5 Å². The minimum absolute atomic E-state index is 0.0313. The molecule has 1 heterocycles. The molecule has 4 aromatic carbocycles. The van der Waals surface area contributed by atoms with Gasteiger partial charge in [0, 0.05) is 22.8 Å². The van der Waals surface area contributed by atoms with Crippen LogP contribution in [0.3, 0.4) is 0 Å². The summed E-state index contributed by atoms with van der Waals surface area (Å²) in [5, 5.41) is 11.7. The first-order valence-electron chi connectivity index (χ1n) is 11.9. The highest BCUT2D eigenvalue weighted by Crippen LogP contribution is 2.40. The number of hydrogen-bond acceptors (Lipinski definition) is 4. The van der Waals surface area contributed by atoms with Crippen molar-refractivity contribution in [1.82, 2.24) is 0 Å². The van der Waals surface area contributed by atoms with Gasteiger partial charge in [0.25, 0.3) is 5.91 Å². The number of para-hydroxylation sites is 1. The number of thioether (sulfide) groups is 1. The molecule has 0 radical (unpaired) electrons. The molecule has 1 atom stereocenters. The number of nitrogens with one attached hydrogen (secondary N) is 1. The van der Waals surface area contributed by atoms with Crippen LogP contribution in [0.15, 0.2) is 108 Å². The highest BCUT2D eigenvalue weighted by molar-refractivity contribution is 8.00. The summed E-state index contributed by atoms with van der Waals surface area (Å²) in [4.78, 5) is 40.7. The number of hydrogen-bond donors (Lipinski definition) is 2. The molecule has 0 aromatic heterocycles. The fraction of sp³-hybridized carbons (Fsp3) is 0.100. The van der Waals surface area contributed by atoms with Gasteiger partial charge in [0.2, 0.25) is 5.91 Å². The van der Waals surface area contributed by atoms with Crippen LogP contribution in [0.25, 0.3) is 0 Å². The van der Waals surface area contributed by atoms with Crippen LogP contribution in [0, 0.1) is 0 Å². The third-order valence-electron chi connectivity index (χ3n) is 6.25. The Hall–Kier alpha value is -4.36. The normalized spacial score (nSPS) is 13.0. The van der Waals surface area contributed by atoms with Crippen LogP contribution < -0.4 is 10.2 Å². The molecule has 0 saturated carbocycles. The van der Waals surface area contributed by atoms with Gasteiger partial charge in [-0.15, -0.1) is 11.8 Å². The minimum atomic E-state index is -1.16. The van der Waals surface area contributed by atoms with Gasteiger partial charge in [0.1, 0.15) is 5.25 Å². The number of fused-ring (bicyclic) bond motifs is 1. The zero-order valence-electron chi connectivity index (χ0n) is 19.8. The third kappa shape index (κ3) is 5.27. The van der Waals surface area contributed by atoms with Crippen LogP contribution in [-0.2, 0) is 11.2 Å². The first-order valence-corrected chi connectivity index (χ1v) is 12.7. The van der Waals surface area contributed by atoms with Crippen molar-refractivity contribution < 1.29 is 19.5 Å². The number of carboxylic acids is 1. The van der Waals surface area contributed by atoms with Gasteiger partial charge < -0.3 is 15.3 Å². The Labute approximate surface area is 218 Å². The number of carbonyl (C=O) groups is 3. The second-order valence-corrected chi connectivity index (χ2v) is 9.78. The van der Waals surface area contributed by atoms with E-state index < -0.39 is 17.1 Å². The molecule has 6 nitrogen and oxygen atoms in total. The van der Waals surface area contributed by atoms with E-state index in [1.807, 2.05) is 65.6 Å². The lowest BCUT2D eigenvalue weighted by atomic mass is 10.1. The maximum Gasteiger partial charge on any atom is 0.336 e. The van der Waals surface area contributed by atoms with Gasteiger partial charge in [-0.05, 0) is 60.0 Å². The van der Waals surface area contributed by atoms with E-state index in [2.05, 4.69) is 11.4 Å². The van der Waals surface area contributed by atoms with Gasteiger partial charge in [0.05, 0.1) is 11.1 Å². The van der Waals surface area contributed by atoms with E-state index in [1.165, 1.54) is 29.5 Å². The SMILES string of the molecule is O=C(O)c1ccccc1C(=O)Nc1ccc(S[C@@H](C(=O)N2CCc3ccccc32)c2ccccc2)cc1. The Morgan fingerprint density at radius 1 is 0.784 bits per heavy atom. The second-order valence-electron chi connectivity index (χ2n) is 8.61. The number of carbonyl (C=O) groups excluding carboxylic acids is 2. The molecule has 1 aliphatic heterocycles. The van der Waals surface area contributed by atoms with Crippen molar-refractivity contribution in [1.29, 1.82) is 0 Å². The average molecular weight is 509 g/mol. The molecule has 7 heteroatoms. The number of amides is 2. The first-order chi connectivity index (χ1) is 18.0. The molecule has 4 aromatic rings. The molecule has 184 valence electrons. The van der Waals surface area contributed by atoms with Crippen LogP contribution in [0.5, 0.6) is 0 Å². The predicted molar refractivity (Wildman–Crippen MR) is 145 cm³/mol. The van der Waals surface area contributed by atoms with Crippen LogP contribution in [0.1, 0.15) is 37.1 Å². The van der Waals surface area contributed by atoms with E-state index in [0.717, 1.165) is 22.6 Å². The van der Waals surface area contributed by atoms with Crippen molar-refractivity contribution in [3.63, 3.8) is 0 Å². The van der Waals surface area contributed by atoms with Crippen LogP contribution >= 0.6 is 11.8 Å².